The van der Waals surface area contributed by atoms with Crippen LogP contribution in [0, 0.1) is 17.0 Å². The van der Waals surface area contributed by atoms with Gasteiger partial charge in [-0.25, -0.2) is 4.98 Å². The Bertz CT molecular complexity index is 599. The average Bonchev–Trinajstić information content (AvgIpc) is 2.32. The van der Waals surface area contributed by atoms with Crippen LogP contribution in [0.4, 0.5) is 11.4 Å². The van der Waals surface area contributed by atoms with E-state index in [0.29, 0.717) is 17.0 Å². The summed E-state index contributed by atoms with van der Waals surface area (Å²) in [5, 5.41) is 10.7. The first-order valence-corrected chi connectivity index (χ1v) is 5.21. The molecular weight excluding hydrogens is 234 g/mol. The summed E-state index contributed by atoms with van der Waals surface area (Å²) in [7, 11) is 0. The van der Waals surface area contributed by atoms with E-state index in [1.807, 2.05) is 0 Å². The second kappa shape index (κ2) is 4.70. The van der Waals surface area contributed by atoms with Gasteiger partial charge in [-0.3, -0.25) is 10.1 Å². The first-order chi connectivity index (χ1) is 8.58. The number of aryl methyl sites for hydroxylation is 1. The van der Waals surface area contributed by atoms with E-state index in [4.69, 9.17) is 10.5 Å². The molecule has 0 atom stereocenters. The van der Waals surface area contributed by atoms with Crippen LogP contribution < -0.4 is 10.5 Å². The number of aromatic nitrogens is 1. The monoisotopic (exact) mass is 245 g/mol. The Kier molecular flexibility index (Phi) is 3.09. The van der Waals surface area contributed by atoms with Crippen molar-refractivity contribution in [3.05, 3.63) is 52.2 Å². The lowest BCUT2D eigenvalue weighted by molar-refractivity contribution is -0.385. The SMILES string of the molecule is Cc1cc(Oc2ncccc2N)ccc1[N+](=O)[O-]. The molecule has 6 nitrogen and oxygen atoms in total. The van der Waals surface area contributed by atoms with E-state index < -0.39 is 4.92 Å². The summed E-state index contributed by atoms with van der Waals surface area (Å²) in [6, 6.07) is 7.85. The first-order valence-electron chi connectivity index (χ1n) is 5.21. The van der Waals surface area contributed by atoms with Gasteiger partial charge in [0.1, 0.15) is 5.75 Å². The van der Waals surface area contributed by atoms with Gasteiger partial charge in [-0.2, -0.15) is 0 Å². The molecule has 0 aliphatic rings. The van der Waals surface area contributed by atoms with Gasteiger partial charge in [0.05, 0.1) is 10.6 Å². The number of nitrogen functional groups attached to an aromatic ring is 1. The van der Waals surface area contributed by atoms with E-state index in [1.165, 1.54) is 12.1 Å². The molecule has 2 N–H and O–H groups in total. The molecule has 0 fully saturated rings. The molecule has 0 amide bonds. The van der Waals surface area contributed by atoms with Gasteiger partial charge >= 0.3 is 0 Å². The van der Waals surface area contributed by atoms with E-state index in [9.17, 15) is 10.1 Å². The molecule has 0 aliphatic heterocycles. The van der Waals surface area contributed by atoms with Crippen LogP contribution in [-0.4, -0.2) is 9.91 Å². The van der Waals surface area contributed by atoms with Gasteiger partial charge < -0.3 is 10.5 Å². The fourth-order valence-corrected chi connectivity index (χ4v) is 1.50. The van der Waals surface area contributed by atoms with Crippen molar-refractivity contribution in [2.75, 3.05) is 5.73 Å². The van der Waals surface area contributed by atoms with Gasteiger partial charge in [0.2, 0.25) is 5.88 Å². The molecule has 18 heavy (non-hydrogen) atoms. The zero-order valence-corrected chi connectivity index (χ0v) is 9.66. The van der Waals surface area contributed by atoms with E-state index in [1.54, 1.807) is 31.3 Å². The third-order valence-electron chi connectivity index (χ3n) is 2.38. The molecule has 2 rings (SSSR count). The van der Waals surface area contributed by atoms with E-state index in [0.717, 1.165) is 0 Å². The van der Waals surface area contributed by atoms with Gasteiger partial charge in [0, 0.05) is 17.8 Å². The van der Waals surface area contributed by atoms with Gasteiger partial charge in [0.25, 0.3) is 5.69 Å². The number of nitro benzene ring substituents is 1. The summed E-state index contributed by atoms with van der Waals surface area (Å²) < 4.78 is 5.47. The fourth-order valence-electron chi connectivity index (χ4n) is 1.50. The molecular formula is C12H11N3O3. The molecule has 0 bridgehead atoms. The van der Waals surface area contributed by atoms with Crippen molar-refractivity contribution < 1.29 is 9.66 Å². The molecule has 0 saturated heterocycles. The zero-order valence-electron chi connectivity index (χ0n) is 9.66. The number of nitro groups is 1. The number of anilines is 1. The van der Waals surface area contributed by atoms with Crippen LogP contribution in [0.5, 0.6) is 11.6 Å². The van der Waals surface area contributed by atoms with Crippen LogP contribution in [0.15, 0.2) is 36.5 Å². The molecule has 1 heterocycles. The standard InChI is InChI=1S/C12H11N3O3/c1-8-7-9(4-5-11(8)15(16)17)18-12-10(13)3-2-6-14-12/h2-7H,13H2,1H3. The highest BCUT2D eigenvalue weighted by Gasteiger charge is 2.11. The Hall–Kier alpha value is -2.63. The van der Waals surface area contributed by atoms with Crippen LogP contribution in [0.1, 0.15) is 5.56 Å². The number of nitrogens with two attached hydrogens (primary N) is 1. The number of hydrogen-bond donors (Lipinski definition) is 1. The number of pyridine rings is 1. The van der Waals surface area contributed by atoms with Crippen molar-refractivity contribution in [2.45, 2.75) is 6.92 Å². The van der Waals surface area contributed by atoms with Crippen LogP contribution in [0.3, 0.4) is 0 Å². The molecule has 0 spiro atoms. The summed E-state index contributed by atoms with van der Waals surface area (Å²) in [6.45, 7) is 1.65. The van der Waals surface area contributed by atoms with Crippen molar-refractivity contribution >= 4 is 11.4 Å². The highest BCUT2D eigenvalue weighted by molar-refractivity contribution is 5.50. The summed E-state index contributed by atoms with van der Waals surface area (Å²) in [5.41, 5.74) is 6.67. The molecule has 0 radical (unpaired) electrons. The number of rotatable bonds is 3. The number of benzene rings is 1. The van der Waals surface area contributed by atoms with Crippen LogP contribution in [0.2, 0.25) is 0 Å². The molecule has 0 saturated carbocycles. The van der Waals surface area contributed by atoms with Gasteiger partial charge in [0.15, 0.2) is 0 Å². The predicted octanol–water partition coefficient (Wildman–Crippen LogP) is 2.67. The quantitative estimate of drug-likeness (QED) is 0.663. The maximum absolute atomic E-state index is 10.7. The molecule has 6 heteroatoms. The Balaban J connectivity index is 2.29. The summed E-state index contributed by atoms with van der Waals surface area (Å²) in [5.74, 6) is 0.745. The molecule has 1 aromatic carbocycles. The van der Waals surface area contributed by atoms with E-state index in [2.05, 4.69) is 4.98 Å². The first kappa shape index (κ1) is 11.8. The minimum Gasteiger partial charge on any atom is -0.437 e. The fraction of sp³-hybridized carbons (Fsp3) is 0.0833. The molecule has 0 aliphatic carbocycles. The number of ether oxygens (including phenoxy) is 1. The maximum atomic E-state index is 10.7. The van der Waals surface area contributed by atoms with Crippen LogP contribution in [-0.2, 0) is 0 Å². The van der Waals surface area contributed by atoms with Crippen molar-refractivity contribution in [3.8, 4) is 11.6 Å². The lowest BCUT2D eigenvalue weighted by Gasteiger charge is -2.07. The molecule has 0 unspecified atom stereocenters. The number of hydrogen-bond acceptors (Lipinski definition) is 5. The maximum Gasteiger partial charge on any atom is 0.272 e. The molecule has 1 aromatic heterocycles. The predicted molar refractivity (Wildman–Crippen MR) is 66.6 cm³/mol. The average molecular weight is 245 g/mol. The Morgan fingerprint density at radius 2 is 2.17 bits per heavy atom. The second-order valence-corrected chi connectivity index (χ2v) is 3.71. The van der Waals surface area contributed by atoms with Gasteiger partial charge in [-0.1, -0.05) is 0 Å². The Morgan fingerprint density at radius 1 is 1.39 bits per heavy atom. The van der Waals surface area contributed by atoms with Crippen molar-refractivity contribution in [3.63, 3.8) is 0 Å². The Morgan fingerprint density at radius 3 is 2.78 bits per heavy atom. The van der Waals surface area contributed by atoms with Gasteiger partial charge in [-0.05, 0) is 31.2 Å². The second-order valence-electron chi connectivity index (χ2n) is 3.71. The highest BCUT2D eigenvalue weighted by Crippen LogP contribution is 2.28. The molecule has 2 aromatic rings. The largest absolute Gasteiger partial charge is 0.437 e. The van der Waals surface area contributed by atoms with Crippen molar-refractivity contribution in [1.82, 2.24) is 4.98 Å². The van der Waals surface area contributed by atoms with Crippen molar-refractivity contribution in [2.24, 2.45) is 0 Å². The number of nitrogens with zero attached hydrogens (tertiary/aromatic N) is 2. The topological polar surface area (TPSA) is 91.3 Å². The molecule has 92 valence electrons. The van der Waals surface area contributed by atoms with Crippen LogP contribution in [0.25, 0.3) is 0 Å². The third-order valence-corrected chi connectivity index (χ3v) is 2.38. The van der Waals surface area contributed by atoms with Gasteiger partial charge in [-0.15, -0.1) is 0 Å². The Labute approximate surface area is 103 Å². The lowest BCUT2D eigenvalue weighted by atomic mass is 10.2. The summed E-state index contributed by atoms with van der Waals surface area (Å²) >= 11 is 0. The highest BCUT2D eigenvalue weighted by atomic mass is 16.6. The third kappa shape index (κ3) is 2.37. The smallest absolute Gasteiger partial charge is 0.272 e. The zero-order chi connectivity index (χ0) is 13.1. The minimum absolute atomic E-state index is 0.0522. The van der Waals surface area contributed by atoms with Crippen molar-refractivity contribution in [1.29, 1.82) is 0 Å². The normalized spacial score (nSPS) is 10.1. The summed E-state index contributed by atoms with van der Waals surface area (Å²) in [6.07, 6.45) is 1.56. The minimum atomic E-state index is -0.436. The lowest BCUT2D eigenvalue weighted by Crippen LogP contribution is -1.96. The summed E-state index contributed by atoms with van der Waals surface area (Å²) in [4.78, 5) is 14.2. The van der Waals surface area contributed by atoms with E-state index >= 15 is 0 Å². The van der Waals surface area contributed by atoms with E-state index in [-0.39, 0.29) is 11.6 Å². The van der Waals surface area contributed by atoms with Crippen LogP contribution >= 0.6 is 0 Å².